The second kappa shape index (κ2) is 15.1. The Morgan fingerprint density at radius 2 is 1.00 bits per heavy atom. The summed E-state index contributed by atoms with van der Waals surface area (Å²) in [6.07, 6.45) is 4.97. The third kappa shape index (κ3) is 6.27. The van der Waals surface area contributed by atoms with Gasteiger partial charge in [-0.2, -0.15) is 0 Å². The van der Waals surface area contributed by atoms with Gasteiger partial charge in [-0.15, -0.1) is 0 Å². The molecule has 1 aliphatic heterocycles. The largest absolute Gasteiger partial charge is 0.457 e. The molecular formula is C55H41N3O. The fourth-order valence-electron chi connectivity index (χ4n) is 8.92. The number of aliphatic imine (C=N–C) groups is 1. The summed E-state index contributed by atoms with van der Waals surface area (Å²) in [4.78, 5) is 4.88. The van der Waals surface area contributed by atoms with Crippen LogP contribution in [0.25, 0.3) is 44.5 Å². The van der Waals surface area contributed by atoms with E-state index in [0.29, 0.717) is 0 Å². The number of hydrogen-bond donors (Lipinski definition) is 2. The molecule has 0 saturated heterocycles. The summed E-state index contributed by atoms with van der Waals surface area (Å²) in [5.41, 5.74) is 29.1. The summed E-state index contributed by atoms with van der Waals surface area (Å²) < 4.78 is 6.52. The quantitative estimate of drug-likeness (QED) is 0.120. The maximum Gasteiger partial charge on any atom is 0.132 e. The summed E-state index contributed by atoms with van der Waals surface area (Å²) in [6, 6.07) is 70.2. The normalized spacial score (nSPS) is 14.3. The molecule has 4 nitrogen and oxygen atoms in total. The average molecular weight is 760 g/mol. The molecule has 0 radical (unpaired) electrons. The minimum Gasteiger partial charge on any atom is -0.457 e. The van der Waals surface area contributed by atoms with E-state index in [2.05, 4.69) is 152 Å². The number of ether oxygens (including phenoxy) is 1. The second-order valence-electron chi connectivity index (χ2n) is 15.0. The van der Waals surface area contributed by atoms with Gasteiger partial charge in [0.1, 0.15) is 17.7 Å². The number of para-hydroxylation sites is 2. The van der Waals surface area contributed by atoms with Crippen molar-refractivity contribution < 1.29 is 4.74 Å². The zero-order valence-electron chi connectivity index (χ0n) is 32.4. The van der Waals surface area contributed by atoms with E-state index in [0.717, 1.165) is 61.6 Å². The lowest BCUT2D eigenvalue weighted by atomic mass is 9.66. The summed E-state index contributed by atoms with van der Waals surface area (Å²) >= 11 is 0. The Bertz CT molecular complexity index is 2900. The summed E-state index contributed by atoms with van der Waals surface area (Å²) in [5.74, 6) is 1.79. The van der Waals surface area contributed by atoms with Crippen LogP contribution in [0, 0.1) is 0 Å². The molecule has 8 aromatic rings. The predicted octanol–water partition coefficient (Wildman–Crippen LogP) is 12.6. The number of benzene rings is 8. The molecule has 282 valence electrons. The molecule has 1 aliphatic carbocycles. The molecule has 4 heteroatoms. The number of nitrogens with two attached hydrogens (primary N) is 2. The van der Waals surface area contributed by atoms with Crippen molar-refractivity contribution in [2.75, 3.05) is 0 Å². The van der Waals surface area contributed by atoms with Gasteiger partial charge in [0.15, 0.2) is 0 Å². The van der Waals surface area contributed by atoms with Gasteiger partial charge in [0.05, 0.1) is 5.41 Å². The fourth-order valence-corrected chi connectivity index (χ4v) is 8.92. The molecule has 59 heavy (non-hydrogen) atoms. The number of allylic oxidation sites excluding steroid dienone is 3. The molecule has 0 saturated carbocycles. The Balaban J connectivity index is 0.987. The summed E-state index contributed by atoms with van der Waals surface area (Å²) in [7, 11) is 0. The van der Waals surface area contributed by atoms with E-state index < -0.39 is 11.6 Å². The topological polar surface area (TPSA) is 73.6 Å². The van der Waals surface area contributed by atoms with Crippen LogP contribution in [0.15, 0.2) is 217 Å². The van der Waals surface area contributed by atoms with Crippen LogP contribution >= 0.6 is 0 Å². The van der Waals surface area contributed by atoms with Gasteiger partial charge in [0.2, 0.25) is 0 Å². The molecule has 8 aromatic carbocycles. The first-order chi connectivity index (χ1) is 29.1. The van der Waals surface area contributed by atoms with Crippen molar-refractivity contribution in [2.45, 2.75) is 11.6 Å². The maximum atomic E-state index is 6.80. The van der Waals surface area contributed by atoms with Crippen molar-refractivity contribution in [3.05, 3.63) is 251 Å². The average Bonchev–Trinajstić information content (AvgIpc) is 3.59. The van der Waals surface area contributed by atoms with Crippen LogP contribution in [0.3, 0.4) is 0 Å². The molecule has 2 aliphatic rings. The van der Waals surface area contributed by atoms with E-state index in [1.54, 1.807) is 6.20 Å². The SMILES string of the molecule is N/C=C(\C=C(/C=NC(N)c1cccc(-c2cccc(-c3ccc4c(c3)-c3ccccc3C43c4ccccc4Oc4ccccc43)c2)c1)c1ccccc1)c1ccccc1. The van der Waals surface area contributed by atoms with E-state index in [4.69, 9.17) is 21.2 Å². The lowest BCUT2D eigenvalue weighted by Crippen LogP contribution is -2.32. The first kappa shape index (κ1) is 35.9. The third-order valence-corrected chi connectivity index (χ3v) is 11.7. The lowest BCUT2D eigenvalue weighted by Gasteiger charge is -2.39. The minimum atomic E-state index is -0.572. The molecule has 4 N–H and O–H groups in total. The monoisotopic (exact) mass is 759 g/mol. The molecule has 0 fully saturated rings. The third-order valence-electron chi connectivity index (χ3n) is 11.7. The predicted molar refractivity (Wildman–Crippen MR) is 243 cm³/mol. The first-order valence-corrected chi connectivity index (χ1v) is 20.0. The van der Waals surface area contributed by atoms with Gasteiger partial charge < -0.3 is 16.2 Å². The van der Waals surface area contributed by atoms with Gasteiger partial charge >= 0.3 is 0 Å². The van der Waals surface area contributed by atoms with E-state index in [9.17, 15) is 0 Å². The van der Waals surface area contributed by atoms with Crippen LogP contribution < -0.4 is 16.2 Å². The van der Waals surface area contributed by atoms with Crippen LogP contribution in [0.2, 0.25) is 0 Å². The minimum absolute atomic E-state index is 0.484. The highest BCUT2D eigenvalue weighted by Crippen LogP contribution is 2.62. The van der Waals surface area contributed by atoms with Crippen LogP contribution in [0.4, 0.5) is 0 Å². The van der Waals surface area contributed by atoms with Crippen molar-refractivity contribution in [1.29, 1.82) is 0 Å². The van der Waals surface area contributed by atoms with Crippen molar-refractivity contribution >= 4 is 17.4 Å². The molecule has 1 unspecified atom stereocenters. The number of hydrogen-bond acceptors (Lipinski definition) is 4. The lowest BCUT2D eigenvalue weighted by molar-refractivity contribution is 0.436. The highest BCUT2D eigenvalue weighted by molar-refractivity contribution is 6.13. The van der Waals surface area contributed by atoms with E-state index in [1.165, 1.54) is 33.4 Å². The van der Waals surface area contributed by atoms with Gasteiger partial charge in [0.25, 0.3) is 0 Å². The summed E-state index contributed by atoms with van der Waals surface area (Å²) in [5, 5.41) is 0. The van der Waals surface area contributed by atoms with Crippen LogP contribution in [0.1, 0.15) is 45.1 Å². The molecule has 1 atom stereocenters. The molecule has 0 bridgehead atoms. The molecule has 0 aromatic heterocycles. The Labute approximate surface area is 345 Å². The van der Waals surface area contributed by atoms with Gasteiger partial charge in [-0.3, -0.25) is 4.99 Å². The highest BCUT2D eigenvalue weighted by Gasteiger charge is 2.50. The molecule has 0 amide bonds. The Kier molecular flexibility index (Phi) is 9.17. The van der Waals surface area contributed by atoms with Crippen LogP contribution in [0.5, 0.6) is 11.5 Å². The van der Waals surface area contributed by atoms with Gasteiger partial charge in [-0.25, -0.2) is 0 Å². The van der Waals surface area contributed by atoms with Crippen molar-refractivity contribution in [3.63, 3.8) is 0 Å². The first-order valence-electron chi connectivity index (χ1n) is 20.0. The van der Waals surface area contributed by atoms with Gasteiger partial charge in [-0.05, 0) is 103 Å². The maximum absolute atomic E-state index is 6.80. The number of rotatable bonds is 8. The highest BCUT2D eigenvalue weighted by atomic mass is 16.5. The van der Waals surface area contributed by atoms with Gasteiger partial charge in [0, 0.05) is 29.1 Å². The zero-order valence-corrected chi connectivity index (χ0v) is 32.4. The number of nitrogens with zero attached hydrogens (tertiary/aromatic N) is 1. The Morgan fingerprint density at radius 1 is 0.475 bits per heavy atom. The molecule has 1 heterocycles. The zero-order chi connectivity index (χ0) is 39.8. The fraction of sp³-hybridized carbons (Fsp3) is 0.0364. The van der Waals surface area contributed by atoms with Gasteiger partial charge in [-0.1, -0.05) is 170 Å². The summed E-state index contributed by atoms with van der Waals surface area (Å²) in [6.45, 7) is 0. The number of fused-ring (bicyclic) bond motifs is 9. The molecule has 1 spiro atoms. The second-order valence-corrected chi connectivity index (χ2v) is 15.0. The van der Waals surface area contributed by atoms with Crippen molar-refractivity contribution in [2.24, 2.45) is 16.5 Å². The molecule has 10 rings (SSSR count). The Hall–Kier alpha value is -7.53. The van der Waals surface area contributed by atoms with Crippen LogP contribution in [-0.4, -0.2) is 6.21 Å². The van der Waals surface area contributed by atoms with E-state index in [-0.39, 0.29) is 0 Å². The van der Waals surface area contributed by atoms with Crippen molar-refractivity contribution in [1.82, 2.24) is 0 Å². The Morgan fingerprint density at radius 3 is 1.66 bits per heavy atom. The standard InChI is InChI=1S/C55H41N3O/c56-35-44(37-15-3-1-4-16-37)33-45(38-17-5-2-6-18-38)36-58-54(57)43-22-14-21-41(32-43)39-19-13-20-40(31-39)42-29-30-49-47(34-42)46-23-7-8-24-48(46)55(49)50-25-9-11-27-52(50)59-53-28-12-10-26-51(53)55/h1-36,54H,56-57H2/b44-35+,45-33+,58-36?. The van der Waals surface area contributed by atoms with Crippen LogP contribution in [-0.2, 0) is 5.41 Å². The van der Waals surface area contributed by atoms with Crippen molar-refractivity contribution in [3.8, 4) is 44.9 Å². The molecular weight excluding hydrogens is 719 g/mol. The van der Waals surface area contributed by atoms with E-state index >= 15 is 0 Å². The van der Waals surface area contributed by atoms with E-state index in [1.807, 2.05) is 60.8 Å². The smallest absolute Gasteiger partial charge is 0.132 e.